The quantitative estimate of drug-likeness (QED) is 0.865. The number of hydrogen-bond donors (Lipinski definition) is 1. The predicted molar refractivity (Wildman–Crippen MR) is 71.6 cm³/mol. The highest BCUT2D eigenvalue weighted by atomic mass is 16.5. The maximum atomic E-state index is 5.61. The van der Waals surface area contributed by atoms with Gasteiger partial charge in [0.1, 0.15) is 0 Å². The highest BCUT2D eigenvalue weighted by Gasteiger charge is 2.19. The Labute approximate surface area is 104 Å². The fraction of sp³-hybridized carbons (Fsp3) is 0.571. The molecule has 0 radical (unpaired) electrons. The number of nitrogens with two attached hydrogens (primary N) is 1. The molecule has 1 aliphatic rings. The van der Waals surface area contributed by atoms with Crippen LogP contribution in [-0.2, 0) is 11.2 Å². The van der Waals surface area contributed by atoms with Crippen molar-refractivity contribution in [2.45, 2.75) is 26.3 Å². The van der Waals surface area contributed by atoms with Gasteiger partial charge in [0.05, 0.1) is 13.2 Å². The molecule has 3 nitrogen and oxygen atoms in total. The van der Waals surface area contributed by atoms with Crippen LogP contribution in [0.4, 0.5) is 5.69 Å². The van der Waals surface area contributed by atoms with Gasteiger partial charge in [-0.2, -0.15) is 0 Å². The molecule has 0 amide bonds. The maximum Gasteiger partial charge on any atom is 0.0668 e. The van der Waals surface area contributed by atoms with E-state index in [1.807, 2.05) is 0 Å². The Morgan fingerprint density at radius 1 is 1.47 bits per heavy atom. The lowest BCUT2D eigenvalue weighted by Gasteiger charge is -2.35. The molecule has 2 N–H and O–H groups in total. The Kier molecular flexibility index (Phi) is 4.02. The zero-order valence-electron chi connectivity index (χ0n) is 10.8. The zero-order valence-corrected chi connectivity index (χ0v) is 10.8. The molecule has 1 atom stereocenters. The van der Waals surface area contributed by atoms with Crippen LogP contribution >= 0.6 is 0 Å². The molecule has 1 saturated heterocycles. The SMILES string of the molecule is Cc1cc(N2CCOCC2C)ccc1CCN. The van der Waals surface area contributed by atoms with Crippen LogP contribution in [0.3, 0.4) is 0 Å². The highest BCUT2D eigenvalue weighted by molar-refractivity contribution is 5.52. The fourth-order valence-electron chi connectivity index (χ4n) is 2.41. The van der Waals surface area contributed by atoms with Gasteiger partial charge in [0.2, 0.25) is 0 Å². The van der Waals surface area contributed by atoms with Crippen LogP contribution in [0, 0.1) is 6.92 Å². The van der Waals surface area contributed by atoms with E-state index in [9.17, 15) is 0 Å². The second kappa shape index (κ2) is 5.52. The minimum atomic E-state index is 0.462. The first-order valence-electron chi connectivity index (χ1n) is 6.36. The first-order valence-corrected chi connectivity index (χ1v) is 6.36. The van der Waals surface area contributed by atoms with Crippen LogP contribution < -0.4 is 10.6 Å². The van der Waals surface area contributed by atoms with Crippen molar-refractivity contribution in [3.8, 4) is 0 Å². The van der Waals surface area contributed by atoms with Crippen molar-refractivity contribution in [3.63, 3.8) is 0 Å². The van der Waals surface area contributed by atoms with Gasteiger partial charge < -0.3 is 15.4 Å². The molecule has 0 bridgehead atoms. The lowest BCUT2D eigenvalue weighted by molar-refractivity contribution is 0.0989. The average Bonchev–Trinajstić information content (AvgIpc) is 2.33. The van der Waals surface area contributed by atoms with E-state index in [0.717, 1.165) is 26.2 Å². The number of ether oxygens (including phenoxy) is 1. The Balaban J connectivity index is 2.18. The first kappa shape index (κ1) is 12.4. The van der Waals surface area contributed by atoms with E-state index in [1.165, 1.54) is 16.8 Å². The summed E-state index contributed by atoms with van der Waals surface area (Å²) in [5.41, 5.74) is 9.61. The molecule has 1 aliphatic heterocycles. The summed E-state index contributed by atoms with van der Waals surface area (Å²) in [5, 5.41) is 0. The molecule has 94 valence electrons. The summed E-state index contributed by atoms with van der Waals surface area (Å²) < 4.78 is 5.47. The summed E-state index contributed by atoms with van der Waals surface area (Å²) >= 11 is 0. The second-order valence-corrected chi connectivity index (χ2v) is 4.77. The van der Waals surface area contributed by atoms with Crippen LogP contribution in [0.5, 0.6) is 0 Å². The van der Waals surface area contributed by atoms with E-state index < -0.39 is 0 Å². The normalized spacial score (nSPS) is 20.6. The van der Waals surface area contributed by atoms with E-state index in [2.05, 4.69) is 36.9 Å². The lowest BCUT2D eigenvalue weighted by Crippen LogP contribution is -2.43. The molecule has 1 unspecified atom stereocenters. The fourth-order valence-corrected chi connectivity index (χ4v) is 2.41. The summed E-state index contributed by atoms with van der Waals surface area (Å²) in [4.78, 5) is 2.42. The molecule has 0 saturated carbocycles. The van der Waals surface area contributed by atoms with Gasteiger partial charge in [-0.15, -0.1) is 0 Å². The number of nitrogens with zero attached hydrogens (tertiary/aromatic N) is 1. The molecular weight excluding hydrogens is 212 g/mol. The van der Waals surface area contributed by atoms with Crippen LogP contribution in [0.2, 0.25) is 0 Å². The van der Waals surface area contributed by atoms with E-state index in [-0.39, 0.29) is 0 Å². The standard InChI is InChI=1S/C14H22N2O/c1-11-9-14(4-3-13(11)5-6-15)16-7-8-17-10-12(16)2/h3-4,9,12H,5-8,10,15H2,1-2H3. The number of anilines is 1. The Morgan fingerprint density at radius 2 is 2.29 bits per heavy atom. The van der Waals surface area contributed by atoms with Gasteiger partial charge in [-0.1, -0.05) is 6.07 Å². The number of morpholine rings is 1. The molecule has 2 rings (SSSR count). The Bertz CT molecular complexity index is 378. The van der Waals surface area contributed by atoms with Crippen LogP contribution in [0.15, 0.2) is 18.2 Å². The van der Waals surface area contributed by atoms with E-state index in [1.54, 1.807) is 0 Å². The van der Waals surface area contributed by atoms with Crippen molar-refractivity contribution in [1.82, 2.24) is 0 Å². The molecule has 0 aliphatic carbocycles. The van der Waals surface area contributed by atoms with E-state index in [0.29, 0.717) is 12.6 Å². The largest absolute Gasteiger partial charge is 0.377 e. The van der Waals surface area contributed by atoms with E-state index >= 15 is 0 Å². The topological polar surface area (TPSA) is 38.5 Å². The molecule has 3 heteroatoms. The van der Waals surface area contributed by atoms with Crippen molar-refractivity contribution in [1.29, 1.82) is 0 Å². The monoisotopic (exact) mass is 234 g/mol. The zero-order chi connectivity index (χ0) is 12.3. The maximum absolute atomic E-state index is 5.61. The highest BCUT2D eigenvalue weighted by Crippen LogP contribution is 2.23. The van der Waals surface area contributed by atoms with Gasteiger partial charge in [0.25, 0.3) is 0 Å². The van der Waals surface area contributed by atoms with Gasteiger partial charge in [0.15, 0.2) is 0 Å². The average molecular weight is 234 g/mol. The van der Waals surface area contributed by atoms with Crippen molar-refractivity contribution < 1.29 is 4.74 Å². The molecule has 1 aromatic rings. The summed E-state index contributed by atoms with van der Waals surface area (Å²) in [6, 6.07) is 7.15. The van der Waals surface area contributed by atoms with Gasteiger partial charge in [-0.3, -0.25) is 0 Å². The molecule has 1 heterocycles. The minimum absolute atomic E-state index is 0.462. The molecule has 0 spiro atoms. The smallest absolute Gasteiger partial charge is 0.0668 e. The van der Waals surface area contributed by atoms with Gasteiger partial charge in [-0.25, -0.2) is 0 Å². The molecule has 0 aromatic heterocycles. The van der Waals surface area contributed by atoms with Crippen molar-refractivity contribution in [2.24, 2.45) is 5.73 Å². The molecular formula is C14H22N2O. The number of rotatable bonds is 3. The minimum Gasteiger partial charge on any atom is -0.377 e. The Hall–Kier alpha value is -1.06. The third-order valence-corrected chi connectivity index (χ3v) is 3.44. The number of benzene rings is 1. The molecule has 1 aromatic carbocycles. The Morgan fingerprint density at radius 3 is 2.94 bits per heavy atom. The van der Waals surface area contributed by atoms with Crippen molar-refractivity contribution in [2.75, 3.05) is 31.2 Å². The number of hydrogen-bond acceptors (Lipinski definition) is 3. The summed E-state index contributed by atoms with van der Waals surface area (Å²) in [7, 11) is 0. The predicted octanol–water partition coefficient (Wildman–Crippen LogP) is 1.72. The third kappa shape index (κ3) is 2.79. The summed E-state index contributed by atoms with van der Waals surface area (Å²) in [6.07, 6.45) is 0.963. The van der Waals surface area contributed by atoms with Gasteiger partial charge >= 0.3 is 0 Å². The van der Waals surface area contributed by atoms with Gasteiger partial charge in [-0.05, 0) is 50.1 Å². The van der Waals surface area contributed by atoms with Gasteiger partial charge in [0, 0.05) is 18.3 Å². The van der Waals surface area contributed by atoms with E-state index in [4.69, 9.17) is 10.5 Å². The van der Waals surface area contributed by atoms with Crippen LogP contribution in [0.25, 0.3) is 0 Å². The second-order valence-electron chi connectivity index (χ2n) is 4.77. The number of aryl methyl sites for hydroxylation is 1. The summed E-state index contributed by atoms with van der Waals surface area (Å²) in [6.45, 7) is 7.73. The summed E-state index contributed by atoms with van der Waals surface area (Å²) in [5.74, 6) is 0. The molecule has 17 heavy (non-hydrogen) atoms. The first-order chi connectivity index (χ1) is 8.22. The van der Waals surface area contributed by atoms with Crippen molar-refractivity contribution in [3.05, 3.63) is 29.3 Å². The van der Waals surface area contributed by atoms with Crippen LogP contribution in [0.1, 0.15) is 18.1 Å². The van der Waals surface area contributed by atoms with Crippen LogP contribution in [-0.4, -0.2) is 32.3 Å². The van der Waals surface area contributed by atoms with Crippen molar-refractivity contribution >= 4 is 5.69 Å². The lowest BCUT2D eigenvalue weighted by atomic mass is 10.0. The molecule has 1 fully saturated rings. The third-order valence-electron chi connectivity index (χ3n) is 3.44.